The maximum absolute atomic E-state index is 5.63. The second-order valence-electron chi connectivity index (χ2n) is 4.54. The lowest BCUT2D eigenvalue weighted by atomic mass is 9.85. The summed E-state index contributed by atoms with van der Waals surface area (Å²) in [5.74, 6) is 1.91. The lowest BCUT2D eigenvalue weighted by Gasteiger charge is -2.23. The number of fused-ring (bicyclic) bond motifs is 1. The van der Waals surface area contributed by atoms with Crippen LogP contribution >= 0.6 is 0 Å². The van der Waals surface area contributed by atoms with Crippen LogP contribution < -0.4 is 5.73 Å². The van der Waals surface area contributed by atoms with Crippen LogP contribution in [0.15, 0.2) is 24.4 Å². The minimum absolute atomic E-state index is 0.668. The summed E-state index contributed by atoms with van der Waals surface area (Å²) < 4.78 is 2.24. The van der Waals surface area contributed by atoms with Crippen LogP contribution in [0, 0.1) is 0 Å². The summed E-state index contributed by atoms with van der Waals surface area (Å²) in [6.07, 6.45) is 6.92. The highest BCUT2D eigenvalue weighted by Gasteiger charge is 2.24. The summed E-state index contributed by atoms with van der Waals surface area (Å²) in [6.45, 7) is 0.672. The van der Waals surface area contributed by atoms with Crippen LogP contribution in [-0.4, -0.2) is 15.9 Å². The molecule has 2 heterocycles. The predicted molar refractivity (Wildman–Crippen MR) is 64.5 cm³/mol. The maximum Gasteiger partial charge on any atom is 0.116 e. The fourth-order valence-corrected chi connectivity index (χ4v) is 2.40. The van der Waals surface area contributed by atoms with Crippen molar-refractivity contribution in [2.75, 3.05) is 6.54 Å². The van der Waals surface area contributed by atoms with Gasteiger partial charge in [-0.15, -0.1) is 0 Å². The van der Waals surface area contributed by atoms with Crippen LogP contribution in [0.2, 0.25) is 0 Å². The molecule has 1 saturated carbocycles. The maximum atomic E-state index is 5.63. The molecular weight excluding hydrogens is 198 g/mol. The van der Waals surface area contributed by atoms with Gasteiger partial charge in [0.2, 0.25) is 0 Å². The second-order valence-corrected chi connectivity index (χ2v) is 4.54. The third-order valence-electron chi connectivity index (χ3n) is 3.50. The van der Waals surface area contributed by atoms with Gasteiger partial charge in [0.15, 0.2) is 0 Å². The number of rotatable bonds is 3. The molecule has 16 heavy (non-hydrogen) atoms. The van der Waals surface area contributed by atoms with E-state index in [9.17, 15) is 0 Å². The minimum atomic E-state index is 0.668. The summed E-state index contributed by atoms with van der Waals surface area (Å²) in [5, 5.41) is 0. The zero-order chi connectivity index (χ0) is 11.0. The largest absolute Gasteiger partial charge is 0.330 e. The van der Waals surface area contributed by atoms with E-state index in [-0.39, 0.29) is 0 Å². The van der Waals surface area contributed by atoms with Gasteiger partial charge in [-0.3, -0.25) is 0 Å². The molecule has 0 aliphatic heterocycles. The number of hydrogen-bond acceptors (Lipinski definition) is 2. The highest BCUT2D eigenvalue weighted by Crippen LogP contribution is 2.36. The molecule has 0 spiro atoms. The zero-order valence-corrected chi connectivity index (χ0v) is 9.39. The van der Waals surface area contributed by atoms with E-state index in [1.54, 1.807) is 0 Å². The van der Waals surface area contributed by atoms with E-state index >= 15 is 0 Å². The van der Waals surface area contributed by atoms with Gasteiger partial charge in [-0.25, -0.2) is 4.98 Å². The lowest BCUT2D eigenvalue weighted by molar-refractivity contribution is 0.400. The van der Waals surface area contributed by atoms with Crippen LogP contribution in [0.1, 0.15) is 36.7 Å². The Morgan fingerprint density at radius 2 is 2.25 bits per heavy atom. The van der Waals surface area contributed by atoms with Crippen molar-refractivity contribution in [3.63, 3.8) is 0 Å². The third-order valence-corrected chi connectivity index (χ3v) is 3.50. The van der Waals surface area contributed by atoms with Gasteiger partial charge in [0, 0.05) is 18.5 Å². The van der Waals surface area contributed by atoms with Crippen molar-refractivity contribution in [2.24, 2.45) is 5.73 Å². The van der Waals surface area contributed by atoms with Gasteiger partial charge < -0.3 is 10.1 Å². The summed E-state index contributed by atoms with van der Waals surface area (Å²) in [7, 11) is 0. The quantitative estimate of drug-likeness (QED) is 0.852. The molecule has 3 rings (SSSR count). The van der Waals surface area contributed by atoms with Crippen molar-refractivity contribution >= 4 is 5.52 Å². The molecule has 0 amide bonds. The standard InChI is InChI=1S/C13H17N3/c14-8-7-11-12-6-1-2-9-16(12)13(15-11)10-4-3-5-10/h1-2,6,9-10H,3-5,7-8,14H2. The lowest BCUT2D eigenvalue weighted by Crippen LogP contribution is -2.12. The molecule has 84 valence electrons. The Bertz CT molecular complexity index is 497. The van der Waals surface area contributed by atoms with Crippen LogP contribution in [-0.2, 0) is 6.42 Å². The van der Waals surface area contributed by atoms with Crippen molar-refractivity contribution in [1.82, 2.24) is 9.38 Å². The van der Waals surface area contributed by atoms with E-state index < -0.39 is 0 Å². The van der Waals surface area contributed by atoms with Gasteiger partial charge in [0.05, 0.1) is 11.2 Å². The molecule has 1 aliphatic rings. The smallest absolute Gasteiger partial charge is 0.116 e. The van der Waals surface area contributed by atoms with Gasteiger partial charge in [0.25, 0.3) is 0 Å². The SMILES string of the molecule is NCCc1nc(C2CCC2)n2ccccc12. The van der Waals surface area contributed by atoms with Gasteiger partial charge in [-0.1, -0.05) is 12.5 Å². The molecule has 0 saturated heterocycles. The molecule has 3 nitrogen and oxygen atoms in total. The number of hydrogen-bond donors (Lipinski definition) is 1. The van der Waals surface area contributed by atoms with Crippen molar-refractivity contribution < 1.29 is 0 Å². The Hall–Kier alpha value is -1.35. The normalized spacial score (nSPS) is 16.6. The summed E-state index contributed by atoms with van der Waals surface area (Å²) >= 11 is 0. The van der Waals surface area contributed by atoms with Crippen molar-refractivity contribution in [3.05, 3.63) is 35.9 Å². The monoisotopic (exact) mass is 215 g/mol. The molecule has 1 fully saturated rings. The highest BCUT2D eigenvalue weighted by molar-refractivity contribution is 5.53. The van der Waals surface area contributed by atoms with Crippen LogP contribution in [0.4, 0.5) is 0 Å². The molecule has 0 atom stereocenters. The van der Waals surface area contributed by atoms with E-state index in [0.717, 1.165) is 12.1 Å². The second kappa shape index (κ2) is 3.91. The molecule has 3 heteroatoms. The van der Waals surface area contributed by atoms with Crippen LogP contribution in [0.25, 0.3) is 5.52 Å². The average Bonchev–Trinajstić information content (AvgIpc) is 2.57. The fraction of sp³-hybridized carbons (Fsp3) is 0.462. The fourth-order valence-electron chi connectivity index (χ4n) is 2.40. The third kappa shape index (κ3) is 1.43. The van der Waals surface area contributed by atoms with Gasteiger partial charge in [-0.05, 0) is 31.5 Å². The number of nitrogens with zero attached hydrogens (tertiary/aromatic N) is 2. The van der Waals surface area contributed by atoms with Crippen molar-refractivity contribution in [1.29, 1.82) is 0 Å². The number of pyridine rings is 1. The van der Waals surface area contributed by atoms with Crippen molar-refractivity contribution in [2.45, 2.75) is 31.6 Å². The molecule has 0 unspecified atom stereocenters. The number of imidazole rings is 1. The summed E-state index contributed by atoms with van der Waals surface area (Å²) in [5.41, 5.74) is 8.02. The number of nitrogens with two attached hydrogens (primary N) is 1. The Morgan fingerprint density at radius 1 is 1.38 bits per heavy atom. The van der Waals surface area contributed by atoms with Crippen LogP contribution in [0.5, 0.6) is 0 Å². The molecule has 0 bridgehead atoms. The number of aromatic nitrogens is 2. The predicted octanol–water partition coefficient (Wildman–Crippen LogP) is 2.10. The average molecular weight is 215 g/mol. The van der Waals surface area contributed by atoms with E-state index in [1.807, 2.05) is 0 Å². The van der Waals surface area contributed by atoms with E-state index in [1.165, 1.54) is 30.6 Å². The Labute approximate surface area is 95.3 Å². The summed E-state index contributed by atoms with van der Waals surface area (Å²) in [4.78, 5) is 4.78. The molecule has 2 aromatic heterocycles. The van der Waals surface area contributed by atoms with Gasteiger partial charge in [0.1, 0.15) is 5.82 Å². The Balaban J connectivity index is 2.12. The molecule has 2 N–H and O–H groups in total. The molecule has 0 radical (unpaired) electrons. The van der Waals surface area contributed by atoms with E-state index in [0.29, 0.717) is 12.5 Å². The van der Waals surface area contributed by atoms with Crippen molar-refractivity contribution in [3.8, 4) is 0 Å². The van der Waals surface area contributed by atoms with E-state index in [2.05, 4.69) is 28.8 Å². The van der Waals surface area contributed by atoms with E-state index in [4.69, 9.17) is 10.7 Å². The Morgan fingerprint density at radius 3 is 2.94 bits per heavy atom. The first kappa shape index (κ1) is 9.85. The topological polar surface area (TPSA) is 43.3 Å². The van der Waals surface area contributed by atoms with Gasteiger partial charge >= 0.3 is 0 Å². The first-order chi connectivity index (χ1) is 7.90. The minimum Gasteiger partial charge on any atom is -0.330 e. The highest BCUT2D eigenvalue weighted by atomic mass is 15.0. The first-order valence-electron chi connectivity index (χ1n) is 6.06. The molecule has 0 aromatic carbocycles. The summed E-state index contributed by atoms with van der Waals surface area (Å²) in [6, 6.07) is 6.28. The molecule has 2 aromatic rings. The molecular formula is C13H17N3. The molecule has 1 aliphatic carbocycles. The first-order valence-corrected chi connectivity index (χ1v) is 6.06. The van der Waals surface area contributed by atoms with Crippen LogP contribution in [0.3, 0.4) is 0 Å². The Kier molecular flexibility index (Phi) is 2.40. The van der Waals surface area contributed by atoms with Gasteiger partial charge in [-0.2, -0.15) is 0 Å². The zero-order valence-electron chi connectivity index (χ0n) is 9.39.